The van der Waals surface area contributed by atoms with Crippen LogP contribution in [-0.2, 0) is 4.79 Å². The number of hydrogen-bond donors (Lipinski definition) is 2. The molecule has 0 radical (unpaired) electrons. The van der Waals surface area contributed by atoms with Crippen LogP contribution in [0.5, 0.6) is 0 Å². The molecule has 2 N–H and O–H groups in total. The molecule has 162 valence electrons. The van der Waals surface area contributed by atoms with Gasteiger partial charge in [-0.25, -0.2) is 0 Å². The van der Waals surface area contributed by atoms with Gasteiger partial charge in [0.2, 0.25) is 5.91 Å². The van der Waals surface area contributed by atoms with Crippen LogP contribution in [0.2, 0.25) is 5.02 Å². The molecule has 1 aliphatic carbocycles. The molecule has 0 bridgehead atoms. The normalized spacial score (nSPS) is 19.8. The molecule has 1 saturated carbocycles. The lowest BCUT2D eigenvalue weighted by Gasteiger charge is -2.34. The fourth-order valence-electron chi connectivity index (χ4n) is 4.97. The zero-order valence-corrected chi connectivity index (χ0v) is 18.4. The molecule has 4 rings (SSSR count). The summed E-state index contributed by atoms with van der Waals surface area (Å²) in [6, 6.07) is 17.7. The van der Waals surface area contributed by atoms with Crippen LogP contribution in [0.15, 0.2) is 60.8 Å². The lowest BCUT2D eigenvalue weighted by atomic mass is 9.72. The third-order valence-electron chi connectivity index (χ3n) is 6.59. The van der Waals surface area contributed by atoms with Crippen molar-refractivity contribution in [3.05, 3.63) is 71.4 Å². The molecule has 1 aromatic heterocycles. The molecule has 1 atom stereocenters. The Balaban J connectivity index is 1.44. The van der Waals surface area contributed by atoms with E-state index in [0.29, 0.717) is 29.7 Å². The van der Waals surface area contributed by atoms with E-state index in [2.05, 4.69) is 34.6 Å². The predicted molar refractivity (Wildman–Crippen MR) is 126 cm³/mol. The number of nitrogens with one attached hydrogen (secondary N) is 1. The van der Waals surface area contributed by atoms with E-state index in [-0.39, 0.29) is 18.4 Å². The Morgan fingerprint density at radius 2 is 1.81 bits per heavy atom. The van der Waals surface area contributed by atoms with E-state index >= 15 is 0 Å². The Kier molecular flexibility index (Phi) is 7.21. The third kappa shape index (κ3) is 5.25. The molecule has 1 heterocycles. The second-order valence-corrected chi connectivity index (χ2v) is 8.93. The lowest BCUT2D eigenvalue weighted by molar-refractivity contribution is -0.122. The molecule has 5 heteroatoms. The first-order valence-corrected chi connectivity index (χ1v) is 11.5. The molecule has 0 spiro atoms. The van der Waals surface area contributed by atoms with Crippen molar-refractivity contribution < 1.29 is 9.90 Å². The fourth-order valence-corrected chi connectivity index (χ4v) is 5.09. The van der Waals surface area contributed by atoms with Gasteiger partial charge in [0.15, 0.2) is 0 Å². The first-order valence-electron chi connectivity index (χ1n) is 11.2. The zero-order valence-electron chi connectivity index (χ0n) is 17.6. The number of aliphatic hydroxyl groups excluding tert-OH is 1. The van der Waals surface area contributed by atoms with Gasteiger partial charge in [-0.15, -0.1) is 0 Å². The smallest absolute Gasteiger partial charge is 0.227 e. The molecular weight excluding hydrogens is 408 g/mol. The highest BCUT2D eigenvalue weighted by molar-refractivity contribution is 6.30. The minimum Gasteiger partial charge on any atom is -0.396 e. The maximum absolute atomic E-state index is 13.1. The van der Waals surface area contributed by atoms with Crippen LogP contribution < -0.4 is 5.32 Å². The van der Waals surface area contributed by atoms with Crippen molar-refractivity contribution >= 4 is 34.1 Å². The Labute approximate surface area is 188 Å². The highest BCUT2D eigenvalue weighted by atomic mass is 35.5. The highest BCUT2D eigenvalue weighted by Crippen LogP contribution is 2.42. The van der Waals surface area contributed by atoms with Gasteiger partial charge >= 0.3 is 0 Å². The van der Waals surface area contributed by atoms with Crippen molar-refractivity contribution in [2.75, 3.05) is 11.9 Å². The van der Waals surface area contributed by atoms with E-state index in [4.69, 9.17) is 11.6 Å². The molecule has 0 unspecified atom stereocenters. The van der Waals surface area contributed by atoms with Gasteiger partial charge in [-0.05, 0) is 92.3 Å². The number of para-hydroxylation sites is 1. The summed E-state index contributed by atoms with van der Waals surface area (Å²) in [6.07, 6.45) is 7.45. The number of hydrogen-bond acceptors (Lipinski definition) is 3. The largest absolute Gasteiger partial charge is 0.396 e. The molecule has 4 nitrogen and oxygen atoms in total. The molecule has 0 aliphatic heterocycles. The van der Waals surface area contributed by atoms with Crippen LogP contribution in [0.25, 0.3) is 10.9 Å². The monoisotopic (exact) mass is 436 g/mol. The van der Waals surface area contributed by atoms with E-state index in [1.165, 1.54) is 10.9 Å². The maximum Gasteiger partial charge on any atom is 0.227 e. The van der Waals surface area contributed by atoms with Crippen molar-refractivity contribution in [1.29, 1.82) is 0 Å². The number of halogens is 1. The molecule has 3 aromatic rings. The number of amides is 1. The number of aromatic nitrogens is 1. The van der Waals surface area contributed by atoms with Gasteiger partial charge in [0, 0.05) is 34.8 Å². The molecule has 0 saturated heterocycles. The highest BCUT2D eigenvalue weighted by Gasteiger charge is 2.32. The number of benzene rings is 2. The number of pyridine rings is 1. The summed E-state index contributed by atoms with van der Waals surface area (Å²) in [5.41, 5.74) is 3.19. The van der Waals surface area contributed by atoms with Crippen LogP contribution in [0.1, 0.15) is 50.0 Å². The molecule has 1 aliphatic rings. The molecule has 31 heavy (non-hydrogen) atoms. The zero-order chi connectivity index (χ0) is 21.6. The Morgan fingerprint density at radius 3 is 2.55 bits per heavy atom. The van der Waals surface area contributed by atoms with Crippen LogP contribution in [0.3, 0.4) is 0 Å². The van der Waals surface area contributed by atoms with Crippen LogP contribution >= 0.6 is 11.6 Å². The lowest BCUT2D eigenvalue weighted by Crippen LogP contribution is -2.32. The summed E-state index contributed by atoms with van der Waals surface area (Å²) in [6.45, 7) is 0.114. The average Bonchev–Trinajstić information content (AvgIpc) is 2.81. The Hall–Kier alpha value is -2.43. The van der Waals surface area contributed by atoms with Crippen molar-refractivity contribution in [2.24, 2.45) is 11.8 Å². The maximum atomic E-state index is 13.1. The number of anilines is 1. The van der Waals surface area contributed by atoms with Crippen molar-refractivity contribution in [3.63, 3.8) is 0 Å². The summed E-state index contributed by atoms with van der Waals surface area (Å²) in [7, 11) is 0. The quantitative estimate of drug-likeness (QED) is 0.464. The van der Waals surface area contributed by atoms with Gasteiger partial charge in [-0.3, -0.25) is 9.78 Å². The van der Waals surface area contributed by atoms with Gasteiger partial charge in [-0.1, -0.05) is 29.8 Å². The van der Waals surface area contributed by atoms with E-state index in [1.54, 1.807) is 12.1 Å². The van der Waals surface area contributed by atoms with Gasteiger partial charge in [0.1, 0.15) is 0 Å². The standard InChI is InChI=1S/C26H29ClN2O2/c27-20-11-13-21(14-12-20)29-26(31)23(5-3-17-30)19-9-7-18(8-10-19)22-15-16-28-25-6-2-1-4-24(22)25/h1-2,4,6,11-16,18-19,23,30H,3,5,7-10,17H2,(H,29,31)/t18-,19+,23-/m1/s1. The summed E-state index contributed by atoms with van der Waals surface area (Å²) in [5.74, 6) is 0.803. The minimum atomic E-state index is -0.0852. The van der Waals surface area contributed by atoms with Gasteiger partial charge < -0.3 is 10.4 Å². The first-order chi connectivity index (χ1) is 15.2. The predicted octanol–water partition coefficient (Wildman–Crippen LogP) is 6.19. The summed E-state index contributed by atoms with van der Waals surface area (Å²) in [5, 5.41) is 14.3. The van der Waals surface area contributed by atoms with Crippen LogP contribution in [-0.4, -0.2) is 22.6 Å². The SMILES string of the molecule is O=C(Nc1ccc(Cl)cc1)[C@H](CCCO)[C@H]1CC[C@@H](c2ccnc3ccccc32)CC1. The second kappa shape index (κ2) is 10.3. The van der Waals surface area contributed by atoms with Gasteiger partial charge in [-0.2, -0.15) is 0 Å². The number of nitrogens with zero attached hydrogens (tertiary/aromatic N) is 1. The Morgan fingerprint density at radius 1 is 1.06 bits per heavy atom. The third-order valence-corrected chi connectivity index (χ3v) is 6.84. The van der Waals surface area contributed by atoms with E-state index in [0.717, 1.165) is 36.9 Å². The number of fused-ring (bicyclic) bond motifs is 1. The topological polar surface area (TPSA) is 62.2 Å². The van der Waals surface area contributed by atoms with Crippen LogP contribution in [0, 0.1) is 11.8 Å². The summed E-state index contributed by atoms with van der Waals surface area (Å²) in [4.78, 5) is 17.6. The van der Waals surface area contributed by atoms with Gasteiger partial charge in [0.05, 0.1) is 5.52 Å². The number of carbonyl (C=O) groups is 1. The van der Waals surface area contributed by atoms with E-state index < -0.39 is 0 Å². The molecule has 1 fully saturated rings. The molecular formula is C26H29ClN2O2. The number of rotatable bonds is 7. The first kappa shape index (κ1) is 21.8. The average molecular weight is 437 g/mol. The minimum absolute atomic E-state index is 0.0496. The molecule has 2 aromatic carbocycles. The molecule has 1 amide bonds. The summed E-state index contributed by atoms with van der Waals surface area (Å²) < 4.78 is 0. The number of aliphatic hydroxyl groups is 1. The van der Waals surface area contributed by atoms with Gasteiger partial charge in [0.25, 0.3) is 0 Å². The Bertz CT molecular complexity index is 1010. The van der Waals surface area contributed by atoms with Crippen molar-refractivity contribution in [1.82, 2.24) is 4.98 Å². The second-order valence-electron chi connectivity index (χ2n) is 8.50. The van der Waals surface area contributed by atoms with E-state index in [1.807, 2.05) is 24.4 Å². The summed E-state index contributed by atoms with van der Waals surface area (Å²) >= 11 is 5.96. The van der Waals surface area contributed by atoms with E-state index in [9.17, 15) is 9.90 Å². The fraction of sp³-hybridized carbons (Fsp3) is 0.385. The van der Waals surface area contributed by atoms with Crippen molar-refractivity contribution in [2.45, 2.75) is 44.4 Å². The van der Waals surface area contributed by atoms with Crippen LogP contribution in [0.4, 0.5) is 5.69 Å². The van der Waals surface area contributed by atoms with Crippen molar-refractivity contribution in [3.8, 4) is 0 Å². The number of carbonyl (C=O) groups excluding carboxylic acids is 1.